The quantitative estimate of drug-likeness (QED) is 0.748. The molecule has 0 saturated carbocycles. The fourth-order valence-electron chi connectivity index (χ4n) is 1.72. The normalized spacial score (nSPS) is 19.7. The first kappa shape index (κ1) is 14.5. The molecule has 6 nitrogen and oxygen atoms in total. The molecule has 0 spiro atoms. The number of carbonyl (C=O) groups is 3. The molecule has 0 bridgehead atoms. The van der Waals surface area contributed by atoms with Crippen LogP contribution in [0.25, 0.3) is 0 Å². The van der Waals surface area contributed by atoms with Crippen LogP contribution in [0.1, 0.15) is 27.2 Å². The van der Waals surface area contributed by atoms with Crippen molar-refractivity contribution in [2.45, 2.75) is 27.2 Å². The summed E-state index contributed by atoms with van der Waals surface area (Å²) in [5.74, 6) is -1.77. The maximum atomic E-state index is 11.8. The lowest BCUT2D eigenvalue weighted by molar-refractivity contribution is -0.141. The van der Waals surface area contributed by atoms with Crippen molar-refractivity contribution >= 4 is 17.8 Å². The molecule has 102 valence electrons. The molecule has 6 heteroatoms. The third kappa shape index (κ3) is 3.72. The molecule has 1 rings (SSSR count). The van der Waals surface area contributed by atoms with E-state index in [4.69, 9.17) is 5.11 Å². The topological polar surface area (TPSA) is 86.7 Å². The number of hydrogen-bond acceptors (Lipinski definition) is 3. The lowest BCUT2D eigenvalue weighted by Gasteiger charge is -2.20. The average molecular weight is 256 g/mol. The summed E-state index contributed by atoms with van der Waals surface area (Å²) in [7, 11) is 0. The summed E-state index contributed by atoms with van der Waals surface area (Å²) in [4.78, 5) is 35.6. The zero-order valence-electron chi connectivity index (χ0n) is 11.0. The molecule has 1 fully saturated rings. The summed E-state index contributed by atoms with van der Waals surface area (Å²) in [5, 5.41) is 11.4. The van der Waals surface area contributed by atoms with E-state index < -0.39 is 17.3 Å². The molecule has 1 atom stereocenters. The minimum absolute atomic E-state index is 0.0670. The van der Waals surface area contributed by atoms with Crippen molar-refractivity contribution in [3.63, 3.8) is 0 Å². The number of hydrogen-bond donors (Lipinski definition) is 2. The van der Waals surface area contributed by atoms with E-state index in [1.807, 2.05) is 0 Å². The van der Waals surface area contributed by atoms with Gasteiger partial charge in [-0.3, -0.25) is 14.4 Å². The SMILES string of the molecule is CC(C)(C)C(=O)NCC(=O)N1CCC(C(=O)O)C1. The number of likely N-dealkylation sites (tertiary alicyclic amines) is 1. The summed E-state index contributed by atoms with van der Waals surface area (Å²) in [5.41, 5.74) is -0.533. The van der Waals surface area contributed by atoms with Crippen LogP contribution in [0.4, 0.5) is 0 Å². The Morgan fingerprint density at radius 3 is 2.39 bits per heavy atom. The molecule has 0 aromatic heterocycles. The first-order valence-electron chi connectivity index (χ1n) is 6.00. The number of carboxylic acids is 1. The molecule has 1 aliphatic rings. The van der Waals surface area contributed by atoms with Crippen LogP contribution >= 0.6 is 0 Å². The Labute approximate surface area is 106 Å². The van der Waals surface area contributed by atoms with Gasteiger partial charge in [0.2, 0.25) is 11.8 Å². The van der Waals surface area contributed by atoms with Gasteiger partial charge in [0.25, 0.3) is 0 Å². The molecule has 2 N–H and O–H groups in total. The van der Waals surface area contributed by atoms with Crippen molar-refractivity contribution < 1.29 is 19.5 Å². The minimum atomic E-state index is -0.871. The van der Waals surface area contributed by atoms with Crippen LogP contribution in [0.5, 0.6) is 0 Å². The largest absolute Gasteiger partial charge is 0.481 e. The Hall–Kier alpha value is -1.59. The van der Waals surface area contributed by atoms with E-state index in [9.17, 15) is 14.4 Å². The highest BCUT2D eigenvalue weighted by molar-refractivity contribution is 5.87. The van der Waals surface area contributed by atoms with Crippen molar-refractivity contribution in [2.75, 3.05) is 19.6 Å². The highest BCUT2D eigenvalue weighted by Gasteiger charge is 2.31. The van der Waals surface area contributed by atoms with Crippen LogP contribution < -0.4 is 5.32 Å². The van der Waals surface area contributed by atoms with E-state index in [0.29, 0.717) is 13.0 Å². The molecule has 0 aromatic rings. The van der Waals surface area contributed by atoms with Crippen LogP contribution in [0.15, 0.2) is 0 Å². The van der Waals surface area contributed by atoms with Gasteiger partial charge in [-0.25, -0.2) is 0 Å². The van der Waals surface area contributed by atoms with E-state index in [1.54, 1.807) is 20.8 Å². The fraction of sp³-hybridized carbons (Fsp3) is 0.750. The molecule has 0 aromatic carbocycles. The predicted octanol–water partition coefficient (Wildman–Crippen LogP) is 0.0818. The smallest absolute Gasteiger partial charge is 0.308 e. The van der Waals surface area contributed by atoms with E-state index in [-0.39, 0.29) is 24.9 Å². The Kier molecular flexibility index (Phi) is 4.32. The van der Waals surface area contributed by atoms with Gasteiger partial charge >= 0.3 is 5.97 Å². The van der Waals surface area contributed by atoms with Gasteiger partial charge in [0.15, 0.2) is 0 Å². The third-order valence-electron chi connectivity index (χ3n) is 2.97. The number of nitrogens with one attached hydrogen (secondary N) is 1. The lowest BCUT2D eigenvalue weighted by Crippen LogP contribution is -2.43. The van der Waals surface area contributed by atoms with Crippen LogP contribution in [0.2, 0.25) is 0 Å². The minimum Gasteiger partial charge on any atom is -0.481 e. The summed E-state index contributed by atoms with van der Waals surface area (Å²) in [6.45, 7) is 5.92. The van der Waals surface area contributed by atoms with Gasteiger partial charge in [-0.2, -0.15) is 0 Å². The zero-order valence-corrected chi connectivity index (χ0v) is 11.0. The standard InChI is InChI=1S/C12H20N2O4/c1-12(2,3)11(18)13-6-9(15)14-5-4-8(7-14)10(16)17/h8H,4-7H2,1-3H3,(H,13,18)(H,16,17). The van der Waals surface area contributed by atoms with Crippen molar-refractivity contribution in [3.05, 3.63) is 0 Å². The Bertz CT molecular complexity index is 360. The van der Waals surface area contributed by atoms with Gasteiger partial charge in [-0.1, -0.05) is 20.8 Å². The number of nitrogens with zero attached hydrogens (tertiary/aromatic N) is 1. The van der Waals surface area contributed by atoms with Crippen molar-refractivity contribution in [3.8, 4) is 0 Å². The summed E-state index contributed by atoms with van der Waals surface area (Å²) >= 11 is 0. The molecule has 2 amide bonds. The second-order valence-electron chi connectivity index (χ2n) is 5.60. The average Bonchev–Trinajstić information content (AvgIpc) is 2.73. The number of carbonyl (C=O) groups excluding carboxylic acids is 2. The molecular formula is C12H20N2O4. The Morgan fingerprint density at radius 1 is 1.33 bits per heavy atom. The van der Waals surface area contributed by atoms with Gasteiger partial charge in [-0.05, 0) is 6.42 Å². The first-order chi connectivity index (χ1) is 8.21. The van der Waals surface area contributed by atoms with Crippen molar-refractivity contribution in [1.82, 2.24) is 10.2 Å². The van der Waals surface area contributed by atoms with E-state index >= 15 is 0 Å². The van der Waals surface area contributed by atoms with Gasteiger partial charge in [0.05, 0.1) is 12.5 Å². The second-order valence-corrected chi connectivity index (χ2v) is 5.60. The predicted molar refractivity (Wildman–Crippen MR) is 64.8 cm³/mol. The van der Waals surface area contributed by atoms with Crippen molar-refractivity contribution in [2.24, 2.45) is 11.3 Å². The highest BCUT2D eigenvalue weighted by atomic mass is 16.4. The van der Waals surface area contributed by atoms with E-state index in [2.05, 4.69) is 5.32 Å². The molecule has 1 unspecified atom stereocenters. The summed E-state index contributed by atoms with van der Waals surface area (Å²) < 4.78 is 0. The molecular weight excluding hydrogens is 236 g/mol. The monoisotopic (exact) mass is 256 g/mol. The zero-order chi connectivity index (χ0) is 13.9. The molecule has 1 aliphatic heterocycles. The molecule has 1 heterocycles. The second kappa shape index (κ2) is 5.37. The number of carboxylic acid groups (broad SMARTS) is 1. The maximum Gasteiger partial charge on any atom is 0.308 e. The van der Waals surface area contributed by atoms with Crippen LogP contribution in [-0.4, -0.2) is 47.4 Å². The maximum absolute atomic E-state index is 11.8. The first-order valence-corrected chi connectivity index (χ1v) is 6.00. The number of amides is 2. The highest BCUT2D eigenvalue weighted by Crippen LogP contribution is 2.16. The summed E-state index contributed by atoms with van der Waals surface area (Å²) in [6.07, 6.45) is 0.480. The van der Waals surface area contributed by atoms with Crippen molar-refractivity contribution in [1.29, 1.82) is 0 Å². The Morgan fingerprint density at radius 2 is 1.94 bits per heavy atom. The van der Waals surface area contributed by atoms with E-state index in [1.165, 1.54) is 4.90 Å². The molecule has 0 aliphatic carbocycles. The molecule has 18 heavy (non-hydrogen) atoms. The van der Waals surface area contributed by atoms with Gasteiger partial charge < -0.3 is 15.3 Å². The summed E-state index contributed by atoms with van der Waals surface area (Å²) in [6, 6.07) is 0. The third-order valence-corrected chi connectivity index (χ3v) is 2.97. The van der Waals surface area contributed by atoms with E-state index in [0.717, 1.165) is 0 Å². The van der Waals surface area contributed by atoms with Gasteiger partial charge in [0.1, 0.15) is 0 Å². The van der Waals surface area contributed by atoms with Crippen LogP contribution in [-0.2, 0) is 14.4 Å². The van der Waals surface area contributed by atoms with Crippen LogP contribution in [0, 0.1) is 11.3 Å². The number of rotatable bonds is 3. The van der Waals surface area contributed by atoms with Crippen LogP contribution in [0.3, 0.4) is 0 Å². The fourth-order valence-corrected chi connectivity index (χ4v) is 1.72. The molecule has 1 saturated heterocycles. The number of aliphatic carboxylic acids is 1. The van der Waals surface area contributed by atoms with Gasteiger partial charge in [-0.15, -0.1) is 0 Å². The van der Waals surface area contributed by atoms with Gasteiger partial charge in [0, 0.05) is 18.5 Å². The Balaban J connectivity index is 2.39. The molecule has 0 radical (unpaired) electrons. The lowest BCUT2D eigenvalue weighted by atomic mass is 9.96.